The summed E-state index contributed by atoms with van der Waals surface area (Å²) in [5, 5.41) is 2.97. The smallest absolute Gasteiger partial charge is 0.354 e. The van der Waals surface area contributed by atoms with E-state index < -0.39 is 19.5 Å². The van der Waals surface area contributed by atoms with Crippen molar-refractivity contribution in [3.05, 3.63) is 57.1 Å². The first-order valence-electron chi connectivity index (χ1n) is 6.76. The van der Waals surface area contributed by atoms with Crippen molar-refractivity contribution in [2.75, 3.05) is 7.11 Å². The van der Waals surface area contributed by atoms with Crippen LogP contribution in [0, 0.1) is 0 Å². The minimum absolute atomic E-state index is 0.129. The van der Waals surface area contributed by atoms with Gasteiger partial charge in [0.25, 0.3) is 0 Å². The highest BCUT2D eigenvalue weighted by molar-refractivity contribution is 7.56. The standard InChI is InChI=1S/C15H17ClNO5P/c1-8-12(15(18)22-3)13(10-6-4-5-7-11(10)16)14(9(2)17-8)23(19,20)21/h4-7,13,17H,1-3H3,(H2,19,20,21). The molecule has 1 aromatic carbocycles. The molecule has 3 N–H and O–H groups in total. The second-order valence-corrected chi connectivity index (χ2v) is 7.14. The largest absolute Gasteiger partial charge is 0.466 e. The molecule has 2 rings (SSSR count). The fourth-order valence-electron chi connectivity index (χ4n) is 2.76. The normalized spacial score (nSPS) is 18.8. The average molecular weight is 358 g/mol. The number of dihydropyridines is 1. The number of nitrogens with one attached hydrogen (secondary N) is 1. The summed E-state index contributed by atoms with van der Waals surface area (Å²) in [6.07, 6.45) is 0. The summed E-state index contributed by atoms with van der Waals surface area (Å²) in [7, 11) is -3.42. The number of esters is 1. The third-order valence-electron chi connectivity index (χ3n) is 3.66. The van der Waals surface area contributed by atoms with Gasteiger partial charge in [0.2, 0.25) is 0 Å². The average Bonchev–Trinajstić information content (AvgIpc) is 2.44. The highest BCUT2D eigenvalue weighted by Gasteiger charge is 2.41. The minimum Gasteiger partial charge on any atom is -0.466 e. The third-order valence-corrected chi connectivity index (χ3v) is 5.23. The van der Waals surface area contributed by atoms with Gasteiger partial charge >= 0.3 is 13.6 Å². The zero-order valence-electron chi connectivity index (χ0n) is 12.8. The molecule has 0 spiro atoms. The number of benzene rings is 1. The van der Waals surface area contributed by atoms with E-state index in [1.54, 1.807) is 38.1 Å². The van der Waals surface area contributed by atoms with Crippen LogP contribution in [0.1, 0.15) is 25.3 Å². The first-order chi connectivity index (χ1) is 10.7. The van der Waals surface area contributed by atoms with E-state index in [9.17, 15) is 19.1 Å². The molecular formula is C15H17ClNO5P. The lowest BCUT2D eigenvalue weighted by atomic mass is 9.86. The topological polar surface area (TPSA) is 95.9 Å². The van der Waals surface area contributed by atoms with Crippen LogP contribution in [0.5, 0.6) is 0 Å². The maximum Gasteiger partial charge on any atom is 0.354 e. The number of ether oxygens (including phenoxy) is 1. The summed E-state index contributed by atoms with van der Waals surface area (Å²) in [6, 6.07) is 6.64. The number of methoxy groups -OCH3 is 1. The van der Waals surface area contributed by atoms with Crippen molar-refractivity contribution in [3.8, 4) is 0 Å². The lowest BCUT2D eigenvalue weighted by Gasteiger charge is -2.31. The molecule has 1 unspecified atom stereocenters. The maximum atomic E-state index is 12.2. The molecule has 23 heavy (non-hydrogen) atoms. The molecule has 1 heterocycles. The number of allylic oxidation sites excluding steroid dienone is 3. The molecule has 6 nitrogen and oxygen atoms in total. The van der Waals surface area contributed by atoms with Crippen molar-refractivity contribution in [1.82, 2.24) is 5.32 Å². The first kappa shape index (κ1) is 17.8. The van der Waals surface area contributed by atoms with E-state index in [1.165, 1.54) is 7.11 Å². The van der Waals surface area contributed by atoms with Crippen molar-refractivity contribution in [3.63, 3.8) is 0 Å². The molecule has 1 aromatic rings. The summed E-state index contributed by atoms with van der Waals surface area (Å²) in [6.45, 7) is 3.20. The van der Waals surface area contributed by atoms with Gasteiger partial charge in [-0.1, -0.05) is 29.8 Å². The van der Waals surface area contributed by atoms with Crippen molar-refractivity contribution < 1.29 is 23.9 Å². The number of rotatable bonds is 3. The Hall–Kier alpha value is -1.59. The Morgan fingerprint density at radius 1 is 1.26 bits per heavy atom. The highest BCUT2D eigenvalue weighted by Crippen LogP contribution is 2.57. The Bertz CT molecular complexity index is 765. The quantitative estimate of drug-likeness (QED) is 0.568. The molecule has 0 aromatic heterocycles. The Kier molecular flexibility index (Phi) is 5.01. The van der Waals surface area contributed by atoms with Gasteiger partial charge in [0.05, 0.1) is 23.9 Å². The van der Waals surface area contributed by atoms with Crippen LogP contribution >= 0.6 is 19.2 Å². The molecule has 0 radical (unpaired) electrons. The minimum atomic E-state index is -4.64. The molecule has 1 aliphatic rings. The predicted molar refractivity (Wildman–Crippen MR) is 86.8 cm³/mol. The van der Waals surface area contributed by atoms with E-state index >= 15 is 0 Å². The molecule has 8 heteroatoms. The van der Waals surface area contributed by atoms with Gasteiger partial charge in [-0.3, -0.25) is 4.57 Å². The Morgan fingerprint density at radius 2 is 1.87 bits per heavy atom. The lowest BCUT2D eigenvalue weighted by Crippen LogP contribution is -2.29. The summed E-state index contributed by atoms with van der Waals surface area (Å²) in [5.41, 5.74) is 1.34. The lowest BCUT2D eigenvalue weighted by molar-refractivity contribution is -0.136. The molecule has 0 fully saturated rings. The van der Waals surface area contributed by atoms with Gasteiger partial charge < -0.3 is 19.8 Å². The molecule has 0 saturated heterocycles. The molecule has 124 valence electrons. The summed E-state index contributed by atoms with van der Waals surface area (Å²) in [4.78, 5) is 31.8. The molecule has 0 aliphatic carbocycles. The van der Waals surface area contributed by atoms with E-state index in [-0.39, 0.29) is 10.9 Å². The van der Waals surface area contributed by atoms with E-state index in [4.69, 9.17) is 16.3 Å². The Morgan fingerprint density at radius 3 is 2.39 bits per heavy atom. The van der Waals surface area contributed by atoms with Gasteiger partial charge in [-0.05, 0) is 25.5 Å². The monoisotopic (exact) mass is 357 g/mol. The SMILES string of the molecule is COC(=O)C1=C(C)NC(C)=C(P(=O)(O)O)C1c1ccccc1Cl. The van der Waals surface area contributed by atoms with Crippen LogP contribution in [0.4, 0.5) is 0 Å². The van der Waals surface area contributed by atoms with Gasteiger partial charge in [-0.2, -0.15) is 0 Å². The van der Waals surface area contributed by atoms with E-state index in [2.05, 4.69) is 5.32 Å². The summed E-state index contributed by atoms with van der Waals surface area (Å²) in [5.74, 6) is -1.64. The second kappa shape index (κ2) is 6.49. The van der Waals surface area contributed by atoms with E-state index in [0.717, 1.165) is 0 Å². The highest BCUT2D eigenvalue weighted by atomic mass is 35.5. The van der Waals surface area contributed by atoms with Crippen molar-refractivity contribution in [1.29, 1.82) is 0 Å². The van der Waals surface area contributed by atoms with Gasteiger partial charge in [0.15, 0.2) is 0 Å². The van der Waals surface area contributed by atoms with Crippen LogP contribution in [0.2, 0.25) is 5.02 Å². The molecule has 0 saturated carbocycles. The Labute approximate surface area is 139 Å². The van der Waals surface area contributed by atoms with Crippen LogP contribution in [-0.2, 0) is 14.1 Å². The number of hydrogen-bond acceptors (Lipinski definition) is 4. The van der Waals surface area contributed by atoms with Crippen LogP contribution < -0.4 is 5.32 Å². The summed E-state index contributed by atoms with van der Waals surface area (Å²) < 4.78 is 16.8. The molecular weight excluding hydrogens is 341 g/mol. The first-order valence-corrected chi connectivity index (χ1v) is 8.75. The summed E-state index contributed by atoms with van der Waals surface area (Å²) >= 11 is 6.21. The van der Waals surface area contributed by atoms with Crippen LogP contribution in [0.15, 0.2) is 46.5 Å². The van der Waals surface area contributed by atoms with Gasteiger partial charge in [-0.25, -0.2) is 4.79 Å². The van der Waals surface area contributed by atoms with Gasteiger partial charge in [-0.15, -0.1) is 0 Å². The van der Waals surface area contributed by atoms with Crippen LogP contribution in [0.25, 0.3) is 0 Å². The molecule has 0 bridgehead atoms. The van der Waals surface area contributed by atoms with Crippen LogP contribution in [-0.4, -0.2) is 22.9 Å². The van der Waals surface area contributed by atoms with Crippen molar-refractivity contribution in [2.24, 2.45) is 0 Å². The zero-order valence-corrected chi connectivity index (χ0v) is 14.5. The fourth-order valence-corrected chi connectivity index (χ4v) is 4.10. The van der Waals surface area contributed by atoms with Gasteiger partial charge in [0, 0.05) is 16.4 Å². The maximum absolute atomic E-state index is 12.2. The van der Waals surface area contributed by atoms with Gasteiger partial charge in [0.1, 0.15) is 0 Å². The predicted octanol–water partition coefficient (Wildman–Crippen LogP) is 2.88. The Balaban J connectivity index is 2.79. The van der Waals surface area contributed by atoms with E-state index in [0.29, 0.717) is 22.0 Å². The van der Waals surface area contributed by atoms with Crippen molar-refractivity contribution >= 4 is 25.2 Å². The zero-order chi connectivity index (χ0) is 17.4. The van der Waals surface area contributed by atoms with Crippen LogP contribution in [0.3, 0.4) is 0 Å². The number of hydrogen-bond donors (Lipinski definition) is 3. The second-order valence-electron chi connectivity index (χ2n) is 5.16. The molecule has 1 atom stereocenters. The molecule has 0 amide bonds. The number of carbonyl (C=O) groups excluding carboxylic acids is 1. The van der Waals surface area contributed by atoms with E-state index in [1.807, 2.05) is 0 Å². The number of carbonyl (C=O) groups is 1. The number of halogens is 1. The van der Waals surface area contributed by atoms with Crippen molar-refractivity contribution in [2.45, 2.75) is 19.8 Å². The third kappa shape index (κ3) is 3.35. The fraction of sp³-hybridized carbons (Fsp3) is 0.267. The molecule has 1 aliphatic heterocycles.